The van der Waals surface area contributed by atoms with Crippen LogP contribution in [-0.2, 0) is 9.71 Å². The highest BCUT2D eigenvalue weighted by atomic mass is 32.2. The molecule has 12 heteroatoms. The lowest BCUT2D eigenvalue weighted by Crippen LogP contribution is -2.31. The number of phenolic OH excluding ortho intramolecular Hbond substituents is 1. The summed E-state index contributed by atoms with van der Waals surface area (Å²) in [5.41, 5.74) is 0.826. The molecule has 0 saturated heterocycles. The zero-order valence-corrected chi connectivity index (χ0v) is 18.1. The number of halogens is 4. The molecular formula is C20H20F4N4O3S. The van der Waals surface area contributed by atoms with Gasteiger partial charge in [-0.05, 0) is 37.9 Å². The number of anilines is 3. The summed E-state index contributed by atoms with van der Waals surface area (Å²) in [4.78, 5) is 8.24. The highest BCUT2D eigenvalue weighted by Gasteiger charge is 2.38. The van der Waals surface area contributed by atoms with Gasteiger partial charge in [0.25, 0.3) is 0 Å². The molecule has 0 amide bonds. The fourth-order valence-electron chi connectivity index (χ4n) is 2.89. The van der Waals surface area contributed by atoms with Gasteiger partial charge < -0.3 is 19.9 Å². The molecule has 0 aliphatic heterocycles. The van der Waals surface area contributed by atoms with Crippen LogP contribution in [0.15, 0.2) is 30.6 Å². The van der Waals surface area contributed by atoms with Crippen molar-refractivity contribution in [2.24, 2.45) is 0 Å². The standard InChI is InChI=1S/C20H20F4N4O3S/c1-10-17-14(8-15(18(10)29)28-32(3,4)30)25-9-26-19(17)27-13-6-5-12(21)7-16(13)31-11(2)20(22,23)24/h5-9,11,29H,3H2,1-2,4H3,(H,28,30)(H,25,26,27). The number of benzene rings is 2. The highest BCUT2D eigenvalue weighted by Crippen LogP contribution is 2.39. The average Bonchev–Trinajstić information content (AvgIpc) is 2.66. The molecule has 32 heavy (non-hydrogen) atoms. The molecule has 0 aliphatic carbocycles. The Balaban J connectivity index is 2.08. The molecule has 1 heterocycles. The number of hydrogen-bond acceptors (Lipinski definition) is 6. The van der Waals surface area contributed by atoms with Crippen molar-refractivity contribution in [2.45, 2.75) is 26.1 Å². The molecule has 0 aliphatic rings. The van der Waals surface area contributed by atoms with E-state index in [1.165, 1.54) is 24.7 Å². The van der Waals surface area contributed by atoms with E-state index in [-0.39, 0.29) is 28.7 Å². The van der Waals surface area contributed by atoms with Crippen LogP contribution in [-0.4, -0.2) is 43.7 Å². The van der Waals surface area contributed by atoms with Crippen LogP contribution in [0.4, 0.5) is 34.8 Å². The third kappa shape index (κ3) is 5.13. The van der Waals surface area contributed by atoms with E-state index in [9.17, 15) is 26.9 Å². The second kappa shape index (κ2) is 8.34. The first-order chi connectivity index (χ1) is 14.8. The van der Waals surface area contributed by atoms with Crippen molar-refractivity contribution >= 4 is 43.7 Å². The van der Waals surface area contributed by atoms with Crippen molar-refractivity contribution in [1.29, 1.82) is 0 Å². The van der Waals surface area contributed by atoms with Crippen LogP contribution >= 0.6 is 0 Å². The normalized spacial score (nSPS) is 14.6. The summed E-state index contributed by atoms with van der Waals surface area (Å²) >= 11 is 0. The summed E-state index contributed by atoms with van der Waals surface area (Å²) in [6, 6.07) is 4.52. The minimum atomic E-state index is -4.65. The Hall–Kier alpha value is -3.28. The second-order valence-corrected chi connectivity index (χ2v) is 9.40. The maximum atomic E-state index is 13.7. The first-order valence-electron chi connectivity index (χ1n) is 9.13. The minimum absolute atomic E-state index is 0.0259. The number of aromatic nitrogens is 2. The van der Waals surface area contributed by atoms with Crippen molar-refractivity contribution in [3.8, 4) is 11.5 Å². The van der Waals surface area contributed by atoms with E-state index >= 15 is 0 Å². The van der Waals surface area contributed by atoms with Crippen molar-refractivity contribution < 1.29 is 31.6 Å². The number of ether oxygens (including phenoxy) is 1. The summed E-state index contributed by atoms with van der Waals surface area (Å²) in [5, 5.41) is 13.7. The molecule has 2 unspecified atom stereocenters. The molecule has 0 radical (unpaired) electrons. The van der Waals surface area contributed by atoms with Gasteiger partial charge in [0.05, 0.1) is 16.9 Å². The van der Waals surface area contributed by atoms with Gasteiger partial charge in [-0.15, -0.1) is 0 Å². The zero-order chi connectivity index (χ0) is 23.8. The van der Waals surface area contributed by atoms with Gasteiger partial charge in [-0.3, -0.25) is 0 Å². The van der Waals surface area contributed by atoms with Crippen LogP contribution in [0.5, 0.6) is 11.5 Å². The summed E-state index contributed by atoms with van der Waals surface area (Å²) in [7, 11) is -2.69. The quantitative estimate of drug-likeness (QED) is 0.277. The Bertz CT molecular complexity index is 1280. The zero-order valence-electron chi connectivity index (χ0n) is 17.2. The van der Waals surface area contributed by atoms with Crippen LogP contribution in [0.1, 0.15) is 12.5 Å². The highest BCUT2D eigenvalue weighted by molar-refractivity contribution is 8.00. The van der Waals surface area contributed by atoms with E-state index in [1.54, 1.807) is 6.92 Å². The summed E-state index contributed by atoms with van der Waals surface area (Å²) in [6.45, 7) is 2.37. The Morgan fingerprint density at radius 3 is 2.53 bits per heavy atom. The van der Waals surface area contributed by atoms with E-state index in [4.69, 9.17) is 4.74 Å². The number of hydrogen-bond donors (Lipinski definition) is 3. The molecule has 1 aromatic heterocycles. The molecular weight excluding hydrogens is 452 g/mol. The molecule has 2 atom stereocenters. The Labute approximate surface area is 181 Å². The number of nitrogens with zero attached hydrogens (tertiary/aromatic N) is 2. The first kappa shape index (κ1) is 23.4. The number of alkyl halides is 3. The smallest absolute Gasteiger partial charge is 0.425 e. The topological polar surface area (TPSA) is 96.4 Å². The van der Waals surface area contributed by atoms with E-state index in [1.807, 2.05) is 0 Å². The summed E-state index contributed by atoms with van der Waals surface area (Å²) in [5.74, 6) is 2.24. The van der Waals surface area contributed by atoms with E-state index in [0.717, 1.165) is 19.1 Å². The lowest BCUT2D eigenvalue weighted by atomic mass is 10.1. The van der Waals surface area contributed by atoms with E-state index in [2.05, 4.69) is 25.9 Å². The van der Waals surface area contributed by atoms with Crippen LogP contribution in [0.3, 0.4) is 0 Å². The maximum absolute atomic E-state index is 13.7. The Morgan fingerprint density at radius 1 is 1.22 bits per heavy atom. The Kier molecular flexibility index (Phi) is 6.09. The predicted molar refractivity (Wildman–Crippen MR) is 117 cm³/mol. The average molecular weight is 472 g/mol. The minimum Gasteiger partial charge on any atom is -0.505 e. The first-order valence-corrected chi connectivity index (χ1v) is 11.3. The van der Waals surface area contributed by atoms with Crippen LogP contribution in [0.2, 0.25) is 0 Å². The predicted octanol–water partition coefficient (Wildman–Crippen LogP) is 4.53. The summed E-state index contributed by atoms with van der Waals surface area (Å²) in [6.07, 6.45) is -4.28. The molecule has 0 spiro atoms. The third-order valence-corrected chi connectivity index (χ3v) is 5.08. The molecule has 2 aromatic carbocycles. The van der Waals surface area contributed by atoms with Gasteiger partial charge in [-0.2, -0.15) is 13.2 Å². The fraction of sp³-hybridized carbons (Fsp3) is 0.250. The van der Waals surface area contributed by atoms with Crippen molar-refractivity contribution in [3.63, 3.8) is 0 Å². The number of aromatic hydroxyl groups is 1. The lowest BCUT2D eigenvalue weighted by molar-refractivity contribution is -0.189. The fourth-order valence-corrected chi connectivity index (χ4v) is 3.51. The van der Waals surface area contributed by atoms with Crippen molar-refractivity contribution in [3.05, 3.63) is 42.0 Å². The lowest BCUT2D eigenvalue weighted by Gasteiger charge is -2.21. The molecule has 0 saturated carbocycles. The van der Waals surface area contributed by atoms with Crippen LogP contribution in [0.25, 0.3) is 10.9 Å². The maximum Gasteiger partial charge on any atom is 0.425 e. The van der Waals surface area contributed by atoms with Crippen molar-refractivity contribution in [2.75, 3.05) is 16.3 Å². The largest absolute Gasteiger partial charge is 0.505 e. The molecule has 0 bridgehead atoms. The third-order valence-electron chi connectivity index (χ3n) is 4.43. The van der Waals surface area contributed by atoms with E-state index < -0.39 is 27.8 Å². The number of aryl methyl sites for hydroxylation is 1. The molecule has 3 N–H and O–H groups in total. The van der Waals surface area contributed by atoms with Gasteiger partial charge in [-0.25, -0.2) is 18.6 Å². The monoisotopic (exact) mass is 472 g/mol. The molecule has 3 aromatic rings. The second-order valence-electron chi connectivity index (χ2n) is 7.19. The Morgan fingerprint density at radius 2 is 1.91 bits per heavy atom. The van der Waals surface area contributed by atoms with Crippen LogP contribution < -0.4 is 14.8 Å². The van der Waals surface area contributed by atoms with Gasteiger partial charge in [0, 0.05) is 33.0 Å². The van der Waals surface area contributed by atoms with Crippen molar-refractivity contribution in [1.82, 2.24) is 9.97 Å². The number of nitrogens with one attached hydrogen (secondary N) is 2. The van der Waals surface area contributed by atoms with Gasteiger partial charge in [0.2, 0.25) is 0 Å². The van der Waals surface area contributed by atoms with Crippen LogP contribution in [0, 0.1) is 12.7 Å². The van der Waals surface area contributed by atoms with Gasteiger partial charge in [0.1, 0.15) is 29.5 Å². The SMILES string of the molecule is C=S(C)(=O)Nc1cc2ncnc(Nc3ccc(F)cc3OC(C)C(F)(F)F)c2c(C)c1O. The number of rotatable bonds is 6. The molecule has 3 rings (SSSR count). The number of phenols is 1. The number of fused-ring (bicyclic) bond motifs is 1. The van der Waals surface area contributed by atoms with Gasteiger partial charge >= 0.3 is 6.18 Å². The molecule has 172 valence electrons. The molecule has 7 nitrogen and oxygen atoms in total. The van der Waals surface area contributed by atoms with E-state index in [0.29, 0.717) is 16.5 Å². The molecule has 0 fully saturated rings. The van der Waals surface area contributed by atoms with Gasteiger partial charge in [0.15, 0.2) is 6.10 Å². The van der Waals surface area contributed by atoms with Gasteiger partial charge in [-0.1, -0.05) is 0 Å². The summed E-state index contributed by atoms with van der Waals surface area (Å²) < 4.78 is 72.0.